The van der Waals surface area contributed by atoms with Crippen molar-refractivity contribution in [3.8, 4) is 0 Å². The summed E-state index contributed by atoms with van der Waals surface area (Å²) in [5.41, 5.74) is 2.31. The normalized spacial score (nSPS) is 14.1. The van der Waals surface area contributed by atoms with Crippen LogP contribution in [-0.2, 0) is 9.53 Å². The van der Waals surface area contributed by atoms with Gasteiger partial charge in [0.2, 0.25) is 5.91 Å². The van der Waals surface area contributed by atoms with Gasteiger partial charge in [0.15, 0.2) is 0 Å². The number of hydrogen-bond acceptors (Lipinski definition) is 5. The van der Waals surface area contributed by atoms with Gasteiger partial charge in [-0.2, -0.15) is 0 Å². The molecule has 1 heterocycles. The van der Waals surface area contributed by atoms with E-state index in [-0.39, 0.29) is 18.4 Å². The highest BCUT2D eigenvalue weighted by atomic mass is 16.5. The van der Waals surface area contributed by atoms with Crippen LogP contribution in [0.2, 0.25) is 0 Å². The minimum atomic E-state index is -0.409. The van der Waals surface area contributed by atoms with Crippen molar-refractivity contribution in [3.63, 3.8) is 0 Å². The maximum Gasteiger partial charge on any atom is 0.337 e. The first-order chi connectivity index (χ1) is 14.5. The predicted octanol–water partition coefficient (Wildman–Crippen LogP) is 3.40. The van der Waals surface area contributed by atoms with Crippen molar-refractivity contribution in [1.29, 1.82) is 0 Å². The third kappa shape index (κ3) is 5.59. The lowest BCUT2D eigenvalue weighted by molar-refractivity contribution is -0.114. The first kappa shape index (κ1) is 21.4. The molecule has 1 fully saturated rings. The van der Waals surface area contributed by atoms with Gasteiger partial charge in [-0.1, -0.05) is 13.0 Å². The number of nitrogens with zero attached hydrogens (tertiary/aromatic N) is 1. The topological polar surface area (TPSA) is 87.7 Å². The fraction of sp³-hybridized carbons (Fsp3) is 0.348. The summed E-state index contributed by atoms with van der Waals surface area (Å²) in [7, 11) is 1.33. The van der Waals surface area contributed by atoms with E-state index in [0.717, 1.165) is 25.9 Å². The predicted molar refractivity (Wildman–Crippen MR) is 116 cm³/mol. The maximum atomic E-state index is 12.7. The van der Waals surface area contributed by atoms with Gasteiger partial charge < -0.3 is 20.3 Å². The molecule has 2 aromatic carbocycles. The van der Waals surface area contributed by atoms with Crippen LogP contribution in [0.25, 0.3) is 0 Å². The van der Waals surface area contributed by atoms with Gasteiger partial charge in [-0.15, -0.1) is 0 Å². The molecule has 0 radical (unpaired) electrons. The Morgan fingerprint density at radius 3 is 2.37 bits per heavy atom. The molecule has 7 heteroatoms. The van der Waals surface area contributed by atoms with Crippen LogP contribution in [-0.4, -0.2) is 49.4 Å². The summed E-state index contributed by atoms with van der Waals surface area (Å²) in [5, 5.41) is 5.81. The van der Waals surface area contributed by atoms with Crippen molar-refractivity contribution in [2.45, 2.75) is 19.8 Å². The van der Waals surface area contributed by atoms with Crippen LogP contribution >= 0.6 is 0 Å². The summed E-state index contributed by atoms with van der Waals surface area (Å²) < 4.78 is 4.66. The van der Waals surface area contributed by atoms with Crippen molar-refractivity contribution >= 4 is 29.2 Å². The molecule has 1 saturated heterocycles. The zero-order valence-electron chi connectivity index (χ0n) is 17.3. The number of amides is 2. The van der Waals surface area contributed by atoms with E-state index in [1.165, 1.54) is 7.11 Å². The van der Waals surface area contributed by atoms with E-state index < -0.39 is 5.97 Å². The van der Waals surface area contributed by atoms with Gasteiger partial charge in [0, 0.05) is 30.0 Å². The fourth-order valence-corrected chi connectivity index (χ4v) is 3.35. The lowest BCUT2D eigenvalue weighted by Crippen LogP contribution is -2.37. The standard InChI is InChI=1S/C23H27N3O4/c1-16-10-12-26(13-11-16)22(28)18-4-3-5-20(14-18)25-21(27)15-24-19-8-6-17(7-9-19)23(29)30-2/h3-9,14,16,24H,10-13,15H2,1-2H3,(H,25,27). The van der Waals surface area contributed by atoms with Gasteiger partial charge in [0.1, 0.15) is 0 Å². The number of rotatable bonds is 6. The number of benzene rings is 2. The summed E-state index contributed by atoms with van der Waals surface area (Å²) in [6.07, 6.45) is 2.04. The molecule has 0 bridgehead atoms. The number of carbonyl (C=O) groups is 3. The van der Waals surface area contributed by atoms with E-state index in [9.17, 15) is 14.4 Å². The highest BCUT2D eigenvalue weighted by Crippen LogP contribution is 2.19. The van der Waals surface area contributed by atoms with Crippen LogP contribution in [0.4, 0.5) is 11.4 Å². The monoisotopic (exact) mass is 409 g/mol. The Morgan fingerprint density at radius 1 is 1.00 bits per heavy atom. The lowest BCUT2D eigenvalue weighted by atomic mass is 9.98. The molecule has 0 aromatic heterocycles. The van der Waals surface area contributed by atoms with Crippen molar-refractivity contribution in [3.05, 3.63) is 59.7 Å². The number of anilines is 2. The number of methoxy groups -OCH3 is 1. The maximum absolute atomic E-state index is 12.7. The van der Waals surface area contributed by atoms with E-state index in [1.807, 2.05) is 4.90 Å². The quantitative estimate of drug-likeness (QED) is 0.714. The zero-order valence-corrected chi connectivity index (χ0v) is 17.3. The van der Waals surface area contributed by atoms with Crippen LogP contribution in [0.5, 0.6) is 0 Å². The largest absolute Gasteiger partial charge is 0.465 e. The molecule has 0 unspecified atom stereocenters. The third-order valence-electron chi connectivity index (χ3n) is 5.22. The molecule has 1 aliphatic heterocycles. The molecule has 2 aromatic rings. The van der Waals surface area contributed by atoms with Crippen molar-refractivity contribution in [1.82, 2.24) is 4.90 Å². The Bertz CT molecular complexity index is 903. The number of hydrogen-bond donors (Lipinski definition) is 2. The Kier molecular flexibility index (Phi) is 7.06. The zero-order chi connectivity index (χ0) is 21.5. The summed E-state index contributed by atoms with van der Waals surface area (Å²) in [6.45, 7) is 3.81. The van der Waals surface area contributed by atoms with Crippen LogP contribution < -0.4 is 10.6 Å². The molecule has 1 aliphatic rings. The third-order valence-corrected chi connectivity index (χ3v) is 5.22. The lowest BCUT2D eigenvalue weighted by Gasteiger charge is -2.30. The molecule has 0 spiro atoms. The Hall–Kier alpha value is -3.35. The van der Waals surface area contributed by atoms with Crippen molar-refractivity contribution < 1.29 is 19.1 Å². The van der Waals surface area contributed by atoms with Crippen LogP contribution in [0.15, 0.2) is 48.5 Å². The average molecular weight is 409 g/mol. The summed E-state index contributed by atoms with van der Waals surface area (Å²) in [6, 6.07) is 13.7. The number of carbonyl (C=O) groups excluding carboxylic acids is 3. The van der Waals surface area contributed by atoms with Gasteiger partial charge >= 0.3 is 5.97 Å². The van der Waals surface area contributed by atoms with E-state index in [4.69, 9.17) is 0 Å². The molecule has 0 aliphatic carbocycles. The molecule has 2 N–H and O–H groups in total. The van der Waals surface area contributed by atoms with Crippen molar-refractivity contribution in [2.75, 3.05) is 37.4 Å². The van der Waals surface area contributed by atoms with Crippen LogP contribution in [0.1, 0.15) is 40.5 Å². The van der Waals surface area contributed by atoms with Crippen LogP contribution in [0, 0.1) is 5.92 Å². The molecule has 0 atom stereocenters. The molecule has 30 heavy (non-hydrogen) atoms. The number of likely N-dealkylation sites (tertiary alicyclic amines) is 1. The highest BCUT2D eigenvalue weighted by Gasteiger charge is 2.21. The van der Waals surface area contributed by atoms with E-state index in [2.05, 4.69) is 22.3 Å². The number of piperidine rings is 1. The Morgan fingerprint density at radius 2 is 1.70 bits per heavy atom. The van der Waals surface area contributed by atoms with Gasteiger partial charge in [0.25, 0.3) is 5.91 Å². The average Bonchev–Trinajstić information content (AvgIpc) is 2.77. The summed E-state index contributed by atoms with van der Waals surface area (Å²) in [5.74, 6) is 0.0156. The number of ether oxygens (including phenoxy) is 1. The first-order valence-corrected chi connectivity index (χ1v) is 10.1. The number of nitrogens with one attached hydrogen (secondary N) is 2. The molecule has 158 valence electrons. The smallest absolute Gasteiger partial charge is 0.337 e. The van der Waals surface area contributed by atoms with Crippen molar-refractivity contribution in [2.24, 2.45) is 5.92 Å². The molecule has 7 nitrogen and oxygen atoms in total. The molecule has 0 saturated carbocycles. The van der Waals surface area contributed by atoms with E-state index in [0.29, 0.717) is 28.4 Å². The van der Waals surface area contributed by atoms with Gasteiger partial charge in [0.05, 0.1) is 19.2 Å². The minimum Gasteiger partial charge on any atom is -0.465 e. The summed E-state index contributed by atoms with van der Waals surface area (Å²) in [4.78, 5) is 38.3. The van der Waals surface area contributed by atoms with E-state index in [1.54, 1.807) is 48.5 Å². The Labute approximate surface area is 176 Å². The SMILES string of the molecule is COC(=O)c1ccc(NCC(=O)Nc2cccc(C(=O)N3CCC(C)CC3)c2)cc1. The molecular weight excluding hydrogens is 382 g/mol. The van der Waals surface area contributed by atoms with E-state index >= 15 is 0 Å². The highest BCUT2D eigenvalue weighted by molar-refractivity contribution is 5.98. The molecular formula is C23H27N3O4. The van der Waals surface area contributed by atoms with Crippen LogP contribution in [0.3, 0.4) is 0 Å². The van der Waals surface area contributed by atoms with Gasteiger partial charge in [-0.3, -0.25) is 9.59 Å². The Balaban J connectivity index is 1.53. The second-order valence-corrected chi connectivity index (χ2v) is 7.53. The van der Waals surface area contributed by atoms with Gasteiger partial charge in [-0.05, 0) is 61.2 Å². The minimum absolute atomic E-state index is 0.00168. The summed E-state index contributed by atoms with van der Waals surface area (Å²) >= 11 is 0. The second-order valence-electron chi connectivity index (χ2n) is 7.53. The molecule has 2 amide bonds. The first-order valence-electron chi connectivity index (χ1n) is 10.1. The fourth-order valence-electron chi connectivity index (χ4n) is 3.35. The van der Waals surface area contributed by atoms with Gasteiger partial charge in [-0.25, -0.2) is 4.79 Å². The number of esters is 1. The molecule has 3 rings (SSSR count). The second kappa shape index (κ2) is 9.91.